The second kappa shape index (κ2) is 8.89. The minimum absolute atomic E-state index is 0. The first-order chi connectivity index (χ1) is 2.41. The van der Waals surface area contributed by atoms with Gasteiger partial charge in [0.05, 0.1) is 0 Å². The third-order valence-electron chi connectivity index (χ3n) is 0.304. The monoisotopic (exact) mass is 123 g/mol. The first-order valence-corrected chi connectivity index (χ1v) is 1.58. The van der Waals surface area contributed by atoms with Crippen molar-refractivity contribution in [2.24, 2.45) is 0 Å². The van der Waals surface area contributed by atoms with Crippen molar-refractivity contribution >= 4 is 0 Å². The molecule has 0 aliphatic carbocycles. The van der Waals surface area contributed by atoms with Gasteiger partial charge < -0.3 is 0 Å². The fourth-order valence-corrected chi connectivity index (χ4v) is 0.111. The van der Waals surface area contributed by atoms with Crippen LogP contribution in [0.25, 0.3) is 0 Å². The Hall–Kier alpha value is -0.000519. The minimum Gasteiger partial charge on any atom is -0.293 e. The van der Waals surface area contributed by atoms with E-state index >= 15 is 0 Å². The van der Waals surface area contributed by atoms with Crippen LogP contribution in [0.2, 0.25) is 0 Å². The fraction of sp³-hybridized carbons (Fsp3) is 0.200. The molecule has 0 radical (unpaired) electrons. The van der Waals surface area contributed by atoms with Crippen molar-refractivity contribution in [3.63, 3.8) is 0 Å². The Morgan fingerprint density at radius 1 is 1.50 bits per heavy atom. The van der Waals surface area contributed by atoms with Crippen LogP contribution in [0.15, 0.2) is 18.2 Å². The average Bonchev–Trinajstić information content (AvgIpc) is 1.41. The molecule has 0 saturated carbocycles. The molecule has 0 atom stereocenters. The number of allylic oxidation sites excluding steroid dienone is 3. The van der Waals surface area contributed by atoms with Crippen molar-refractivity contribution in [2.45, 2.75) is 6.92 Å². The van der Waals surface area contributed by atoms with E-state index in [4.69, 9.17) is 6.58 Å². The summed E-state index contributed by atoms with van der Waals surface area (Å²) in [6.07, 6.45) is 5.15. The Kier molecular flexibility index (Phi) is 13.9. The van der Waals surface area contributed by atoms with Crippen LogP contribution in [0.5, 0.6) is 0 Å². The molecule has 0 unspecified atom stereocenters. The summed E-state index contributed by atoms with van der Waals surface area (Å²) < 4.78 is 0. The molecule has 1 heteroatoms. The summed E-state index contributed by atoms with van der Waals surface area (Å²) in [5.41, 5.74) is 0. The summed E-state index contributed by atoms with van der Waals surface area (Å²) in [4.78, 5) is 0. The maximum Gasteiger partial charge on any atom is 0 e. The SMILES string of the molecule is [CH-]=CC=CC.[Fe]. The third-order valence-corrected chi connectivity index (χ3v) is 0.304. The molecule has 0 bridgehead atoms. The van der Waals surface area contributed by atoms with Gasteiger partial charge in [-0.3, -0.25) is 6.58 Å². The molecule has 0 heterocycles. The van der Waals surface area contributed by atoms with Crippen molar-refractivity contribution < 1.29 is 17.1 Å². The predicted octanol–water partition coefficient (Wildman–Crippen LogP) is 1.55. The van der Waals surface area contributed by atoms with Gasteiger partial charge >= 0.3 is 0 Å². The zero-order valence-corrected chi connectivity index (χ0v) is 4.77. The molecular formula is C5H7Fe-. The van der Waals surface area contributed by atoms with Crippen molar-refractivity contribution in [3.05, 3.63) is 24.8 Å². The maximum atomic E-state index is 4.93. The molecule has 0 fully saturated rings. The zero-order chi connectivity index (χ0) is 4.12. The van der Waals surface area contributed by atoms with E-state index in [1.54, 1.807) is 6.08 Å². The van der Waals surface area contributed by atoms with E-state index in [9.17, 15) is 0 Å². The Labute approximate surface area is 49.4 Å². The molecule has 6 heavy (non-hydrogen) atoms. The zero-order valence-electron chi connectivity index (χ0n) is 3.66. The smallest absolute Gasteiger partial charge is 0 e. The minimum atomic E-state index is 0. The van der Waals surface area contributed by atoms with Crippen LogP contribution >= 0.6 is 0 Å². The summed E-state index contributed by atoms with van der Waals surface area (Å²) in [6, 6.07) is 0. The van der Waals surface area contributed by atoms with Gasteiger partial charge in [0, 0.05) is 17.1 Å². The Balaban J connectivity index is 0. The quantitative estimate of drug-likeness (QED) is 0.282. The summed E-state index contributed by atoms with van der Waals surface area (Å²) in [7, 11) is 0. The average molecular weight is 123 g/mol. The van der Waals surface area contributed by atoms with E-state index in [0.717, 1.165) is 0 Å². The fourth-order valence-electron chi connectivity index (χ4n) is 0.111. The first-order valence-electron chi connectivity index (χ1n) is 1.58. The van der Waals surface area contributed by atoms with Gasteiger partial charge in [0.1, 0.15) is 0 Å². The Morgan fingerprint density at radius 2 is 2.00 bits per heavy atom. The molecule has 0 aliphatic heterocycles. The van der Waals surface area contributed by atoms with Crippen LogP contribution in [0.4, 0.5) is 0 Å². The molecular weight excluding hydrogens is 116 g/mol. The molecule has 36 valence electrons. The molecule has 0 spiro atoms. The van der Waals surface area contributed by atoms with Gasteiger partial charge in [-0.1, -0.05) is 6.92 Å². The van der Waals surface area contributed by atoms with Gasteiger partial charge in [-0.2, -0.15) is 6.08 Å². The molecule has 0 nitrogen and oxygen atoms in total. The molecule has 0 aliphatic rings. The van der Waals surface area contributed by atoms with Crippen molar-refractivity contribution in [1.82, 2.24) is 0 Å². The summed E-state index contributed by atoms with van der Waals surface area (Å²) >= 11 is 0. The molecule has 0 rings (SSSR count). The van der Waals surface area contributed by atoms with Gasteiger partial charge in [-0.25, -0.2) is 12.2 Å². The van der Waals surface area contributed by atoms with Crippen LogP contribution in [-0.4, -0.2) is 0 Å². The molecule has 0 N–H and O–H groups in total. The van der Waals surface area contributed by atoms with E-state index in [-0.39, 0.29) is 17.1 Å². The van der Waals surface area contributed by atoms with Crippen LogP contribution in [-0.2, 0) is 17.1 Å². The topological polar surface area (TPSA) is 0 Å². The van der Waals surface area contributed by atoms with E-state index < -0.39 is 0 Å². The normalized spacial score (nSPS) is 7.50. The van der Waals surface area contributed by atoms with Gasteiger partial charge in [-0.05, 0) is 0 Å². The van der Waals surface area contributed by atoms with E-state index in [0.29, 0.717) is 0 Å². The first kappa shape index (κ1) is 9.37. The van der Waals surface area contributed by atoms with Crippen molar-refractivity contribution in [1.29, 1.82) is 0 Å². The predicted molar refractivity (Wildman–Crippen MR) is 23.7 cm³/mol. The number of hydrogen-bond donors (Lipinski definition) is 0. The molecule has 0 saturated heterocycles. The van der Waals surface area contributed by atoms with Gasteiger partial charge in [-0.15, -0.1) is 0 Å². The van der Waals surface area contributed by atoms with E-state index in [2.05, 4.69) is 0 Å². The number of rotatable bonds is 1. The van der Waals surface area contributed by atoms with Gasteiger partial charge in [0.15, 0.2) is 0 Å². The standard InChI is InChI=1S/C5H7.Fe/c1-3-5-4-2;/h1,3-5H,2H3;/q-1;. The molecule has 0 aromatic heterocycles. The summed E-state index contributed by atoms with van der Waals surface area (Å²) in [5, 5.41) is 0. The second-order valence-corrected chi connectivity index (χ2v) is 0.718. The van der Waals surface area contributed by atoms with Crippen molar-refractivity contribution in [3.8, 4) is 0 Å². The Bertz CT molecular complexity index is 45.9. The maximum absolute atomic E-state index is 4.93. The molecule has 0 amide bonds. The van der Waals surface area contributed by atoms with Gasteiger partial charge in [0.25, 0.3) is 0 Å². The van der Waals surface area contributed by atoms with E-state index in [1.165, 1.54) is 6.08 Å². The molecule has 0 aromatic carbocycles. The van der Waals surface area contributed by atoms with Crippen LogP contribution < -0.4 is 0 Å². The van der Waals surface area contributed by atoms with Gasteiger partial charge in [0.2, 0.25) is 0 Å². The third kappa shape index (κ3) is 9.00. The summed E-state index contributed by atoms with van der Waals surface area (Å²) in [5.74, 6) is 0. The second-order valence-electron chi connectivity index (χ2n) is 0.718. The number of hydrogen-bond acceptors (Lipinski definition) is 0. The van der Waals surface area contributed by atoms with E-state index in [1.807, 2.05) is 13.0 Å². The van der Waals surface area contributed by atoms with Crippen LogP contribution in [0.1, 0.15) is 6.92 Å². The van der Waals surface area contributed by atoms with Crippen molar-refractivity contribution in [2.75, 3.05) is 0 Å². The van der Waals surface area contributed by atoms with Crippen LogP contribution in [0.3, 0.4) is 0 Å². The molecule has 0 aromatic rings. The summed E-state index contributed by atoms with van der Waals surface area (Å²) in [6.45, 7) is 6.85. The Morgan fingerprint density at radius 3 is 2.00 bits per heavy atom. The van der Waals surface area contributed by atoms with Crippen LogP contribution in [0, 0.1) is 6.58 Å². The largest absolute Gasteiger partial charge is 0.293 e.